The molecule has 1 N–H and O–H groups in total. The van der Waals surface area contributed by atoms with Crippen molar-refractivity contribution in [3.63, 3.8) is 0 Å². The van der Waals surface area contributed by atoms with E-state index in [2.05, 4.69) is 10.3 Å². The van der Waals surface area contributed by atoms with Crippen LogP contribution in [0.3, 0.4) is 0 Å². The molecular weight excluding hydrogens is 277 g/mol. The molecule has 0 saturated carbocycles. The van der Waals surface area contributed by atoms with Crippen molar-refractivity contribution in [2.75, 3.05) is 11.9 Å². The molecule has 0 aliphatic rings. The number of halogens is 1. The van der Waals surface area contributed by atoms with E-state index in [1.54, 1.807) is 6.92 Å². The number of benzene rings is 1. The second-order valence-corrected chi connectivity index (χ2v) is 4.32. The first-order valence-electron chi connectivity index (χ1n) is 6.34. The number of aromatic nitrogens is 1. The average Bonchev–Trinajstić information content (AvgIpc) is 2.43. The lowest BCUT2D eigenvalue weighted by molar-refractivity contribution is -0.386. The number of pyridine rings is 1. The van der Waals surface area contributed by atoms with Crippen LogP contribution in [0.1, 0.15) is 12.5 Å². The Hall–Kier alpha value is -2.70. The van der Waals surface area contributed by atoms with Crippen LogP contribution in [0.15, 0.2) is 30.3 Å². The minimum absolute atomic E-state index is 0.135. The summed E-state index contributed by atoms with van der Waals surface area (Å²) >= 11 is 0. The van der Waals surface area contributed by atoms with Crippen LogP contribution in [0.5, 0.6) is 11.6 Å². The Labute approximate surface area is 120 Å². The van der Waals surface area contributed by atoms with Gasteiger partial charge in [-0.1, -0.05) is 0 Å². The van der Waals surface area contributed by atoms with Gasteiger partial charge in [0.25, 0.3) is 0 Å². The van der Waals surface area contributed by atoms with Gasteiger partial charge in [0.1, 0.15) is 17.4 Å². The summed E-state index contributed by atoms with van der Waals surface area (Å²) in [6.07, 6.45) is 0. The van der Waals surface area contributed by atoms with E-state index < -0.39 is 4.92 Å². The fourth-order valence-electron chi connectivity index (χ4n) is 1.72. The predicted molar refractivity (Wildman–Crippen MR) is 76.3 cm³/mol. The molecule has 0 aliphatic carbocycles. The summed E-state index contributed by atoms with van der Waals surface area (Å²) in [5, 5.41) is 14.0. The van der Waals surface area contributed by atoms with Crippen LogP contribution in [-0.2, 0) is 0 Å². The quantitative estimate of drug-likeness (QED) is 0.672. The third-order valence-corrected chi connectivity index (χ3v) is 2.74. The molecule has 2 aromatic rings. The van der Waals surface area contributed by atoms with Crippen molar-refractivity contribution in [2.45, 2.75) is 13.8 Å². The van der Waals surface area contributed by atoms with Crippen LogP contribution < -0.4 is 10.1 Å². The van der Waals surface area contributed by atoms with Gasteiger partial charge in [0, 0.05) is 12.6 Å². The van der Waals surface area contributed by atoms with Crippen molar-refractivity contribution in [3.05, 3.63) is 51.8 Å². The van der Waals surface area contributed by atoms with Gasteiger partial charge >= 0.3 is 11.6 Å². The number of hydrogen-bond acceptors (Lipinski definition) is 5. The molecule has 0 radical (unpaired) electrons. The normalized spacial score (nSPS) is 10.2. The van der Waals surface area contributed by atoms with Gasteiger partial charge < -0.3 is 10.1 Å². The first-order valence-corrected chi connectivity index (χ1v) is 6.34. The van der Waals surface area contributed by atoms with Crippen LogP contribution in [0.25, 0.3) is 0 Å². The van der Waals surface area contributed by atoms with E-state index in [1.165, 1.54) is 30.3 Å². The molecule has 21 heavy (non-hydrogen) atoms. The van der Waals surface area contributed by atoms with E-state index in [0.717, 1.165) is 0 Å². The van der Waals surface area contributed by atoms with Crippen molar-refractivity contribution in [3.8, 4) is 11.6 Å². The molecule has 0 spiro atoms. The summed E-state index contributed by atoms with van der Waals surface area (Å²) in [5.74, 6) is 0.255. The highest BCUT2D eigenvalue weighted by Gasteiger charge is 2.18. The molecule has 2 rings (SSSR count). The largest absolute Gasteiger partial charge is 0.434 e. The highest BCUT2D eigenvalue weighted by molar-refractivity contribution is 5.50. The van der Waals surface area contributed by atoms with Gasteiger partial charge in [0.05, 0.1) is 4.92 Å². The second-order valence-electron chi connectivity index (χ2n) is 4.32. The monoisotopic (exact) mass is 291 g/mol. The van der Waals surface area contributed by atoms with Crippen LogP contribution in [-0.4, -0.2) is 16.5 Å². The summed E-state index contributed by atoms with van der Waals surface area (Å²) in [5.41, 5.74) is 0.136. The standard InChI is InChI=1S/C14H14FN3O3/c1-3-16-13-7-6-12(18(19)20)14(17-13)21-10-4-5-11(15)9(2)8-10/h4-8H,3H2,1-2H3,(H,16,17). The van der Waals surface area contributed by atoms with E-state index in [1.807, 2.05) is 6.92 Å². The van der Waals surface area contributed by atoms with Crippen molar-refractivity contribution >= 4 is 11.5 Å². The van der Waals surface area contributed by atoms with Gasteiger partial charge in [-0.25, -0.2) is 4.39 Å². The third kappa shape index (κ3) is 3.44. The molecule has 1 aromatic heterocycles. The summed E-state index contributed by atoms with van der Waals surface area (Å²) in [6, 6.07) is 6.92. The molecule has 0 aliphatic heterocycles. The maximum absolute atomic E-state index is 13.2. The molecule has 0 bridgehead atoms. The van der Waals surface area contributed by atoms with Crippen LogP contribution in [0.2, 0.25) is 0 Å². The second kappa shape index (κ2) is 6.17. The number of rotatable bonds is 5. The van der Waals surface area contributed by atoms with Gasteiger partial charge in [-0.05, 0) is 43.7 Å². The molecular formula is C14H14FN3O3. The zero-order valence-corrected chi connectivity index (χ0v) is 11.6. The predicted octanol–water partition coefficient (Wildman–Crippen LogP) is 3.66. The van der Waals surface area contributed by atoms with Crippen LogP contribution in [0.4, 0.5) is 15.9 Å². The Morgan fingerprint density at radius 1 is 1.38 bits per heavy atom. The van der Waals surface area contributed by atoms with E-state index in [-0.39, 0.29) is 23.1 Å². The highest BCUT2D eigenvalue weighted by Crippen LogP contribution is 2.31. The SMILES string of the molecule is CCNc1ccc([N+](=O)[O-])c(Oc2ccc(F)c(C)c2)n1. The Morgan fingerprint density at radius 3 is 2.76 bits per heavy atom. The lowest BCUT2D eigenvalue weighted by Crippen LogP contribution is -2.02. The molecule has 7 heteroatoms. The maximum Gasteiger partial charge on any atom is 0.331 e. The average molecular weight is 291 g/mol. The summed E-state index contributed by atoms with van der Waals surface area (Å²) in [7, 11) is 0. The molecule has 0 unspecified atom stereocenters. The van der Waals surface area contributed by atoms with E-state index in [9.17, 15) is 14.5 Å². The Balaban J connectivity index is 2.37. The van der Waals surface area contributed by atoms with E-state index >= 15 is 0 Å². The number of nitrogens with zero attached hydrogens (tertiary/aromatic N) is 2. The lowest BCUT2D eigenvalue weighted by atomic mass is 10.2. The van der Waals surface area contributed by atoms with Crippen LogP contribution in [0, 0.1) is 22.9 Å². The zero-order valence-electron chi connectivity index (χ0n) is 11.6. The van der Waals surface area contributed by atoms with Crippen molar-refractivity contribution in [2.24, 2.45) is 0 Å². The zero-order chi connectivity index (χ0) is 15.4. The van der Waals surface area contributed by atoms with Gasteiger partial charge in [-0.3, -0.25) is 10.1 Å². The lowest BCUT2D eigenvalue weighted by Gasteiger charge is -2.08. The van der Waals surface area contributed by atoms with Crippen LogP contribution >= 0.6 is 0 Å². The number of aryl methyl sites for hydroxylation is 1. The Morgan fingerprint density at radius 2 is 2.14 bits per heavy atom. The molecule has 0 amide bonds. The molecule has 1 aromatic carbocycles. The summed E-state index contributed by atoms with van der Waals surface area (Å²) in [6.45, 7) is 4.09. The Bertz CT molecular complexity index is 677. The smallest absolute Gasteiger partial charge is 0.331 e. The fourth-order valence-corrected chi connectivity index (χ4v) is 1.72. The van der Waals surface area contributed by atoms with Crippen molar-refractivity contribution in [1.82, 2.24) is 4.98 Å². The number of hydrogen-bond donors (Lipinski definition) is 1. The molecule has 6 nitrogen and oxygen atoms in total. The number of nitro groups is 1. The topological polar surface area (TPSA) is 77.3 Å². The maximum atomic E-state index is 13.2. The van der Waals surface area contributed by atoms with Gasteiger partial charge in [0.15, 0.2) is 0 Å². The van der Waals surface area contributed by atoms with Gasteiger partial charge in [-0.15, -0.1) is 0 Å². The molecule has 0 saturated heterocycles. The van der Waals surface area contributed by atoms with Crippen molar-refractivity contribution < 1.29 is 14.1 Å². The summed E-state index contributed by atoms with van der Waals surface area (Å²) < 4.78 is 18.7. The minimum Gasteiger partial charge on any atom is -0.434 e. The van der Waals surface area contributed by atoms with E-state index in [0.29, 0.717) is 17.9 Å². The molecule has 1 heterocycles. The first-order chi connectivity index (χ1) is 10.0. The van der Waals surface area contributed by atoms with E-state index in [4.69, 9.17) is 4.74 Å². The highest BCUT2D eigenvalue weighted by atomic mass is 19.1. The molecule has 110 valence electrons. The summed E-state index contributed by atoms with van der Waals surface area (Å²) in [4.78, 5) is 14.5. The number of ether oxygens (including phenoxy) is 1. The third-order valence-electron chi connectivity index (χ3n) is 2.74. The minimum atomic E-state index is -0.575. The number of nitrogens with one attached hydrogen (secondary N) is 1. The molecule has 0 atom stereocenters. The van der Waals surface area contributed by atoms with Gasteiger partial charge in [-0.2, -0.15) is 4.98 Å². The Kier molecular flexibility index (Phi) is 4.32. The van der Waals surface area contributed by atoms with Crippen molar-refractivity contribution in [1.29, 1.82) is 0 Å². The number of anilines is 1. The first kappa shape index (κ1) is 14.7. The molecule has 0 fully saturated rings. The van der Waals surface area contributed by atoms with Gasteiger partial charge in [0.2, 0.25) is 0 Å². The fraction of sp³-hybridized carbons (Fsp3) is 0.214.